The van der Waals surface area contributed by atoms with Crippen LogP contribution >= 0.6 is 0 Å². The number of fused-ring (bicyclic) bond motifs is 1. The maximum Gasteiger partial charge on any atom is 0.243 e. The van der Waals surface area contributed by atoms with Crippen LogP contribution in [0.2, 0.25) is 0 Å². The number of methoxy groups -OCH3 is 1. The van der Waals surface area contributed by atoms with Crippen molar-refractivity contribution in [2.45, 2.75) is 105 Å². The minimum atomic E-state index is -0.972. The second kappa shape index (κ2) is 18.7. The summed E-state index contributed by atoms with van der Waals surface area (Å²) in [5, 5.41) is 26.7. The number of nitrogens with two attached hydrogens (primary N) is 1. The molecule has 11 nitrogen and oxygen atoms in total. The van der Waals surface area contributed by atoms with Crippen LogP contribution in [0, 0.1) is 35.5 Å². The molecule has 1 fully saturated rings. The van der Waals surface area contributed by atoms with E-state index in [2.05, 4.69) is 48.0 Å². The molecule has 1 aromatic heterocycles. The lowest BCUT2D eigenvalue weighted by atomic mass is 9.80. The van der Waals surface area contributed by atoms with E-state index in [0.29, 0.717) is 25.5 Å². The average molecular weight is 671 g/mol. The number of aliphatic hydroxyl groups excluding tert-OH is 1. The Morgan fingerprint density at radius 3 is 2.31 bits per heavy atom. The number of rotatable bonds is 21. The van der Waals surface area contributed by atoms with Gasteiger partial charge in [-0.25, -0.2) is 0 Å². The van der Waals surface area contributed by atoms with Crippen LogP contribution in [-0.2, 0) is 39.0 Å². The van der Waals surface area contributed by atoms with Crippen LogP contribution in [0.5, 0.6) is 0 Å². The van der Waals surface area contributed by atoms with Crippen molar-refractivity contribution in [1.29, 1.82) is 0 Å². The molecule has 0 aliphatic heterocycles. The molecule has 0 spiro atoms. The molecule has 1 aromatic carbocycles. The van der Waals surface area contributed by atoms with Gasteiger partial charge in [0.2, 0.25) is 17.7 Å². The Labute approximate surface area is 287 Å². The minimum absolute atomic E-state index is 0.00708. The van der Waals surface area contributed by atoms with Gasteiger partial charge in [0.25, 0.3) is 0 Å². The Morgan fingerprint density at radius 1 is 1.02 bits per heavy atom. The Hall–Kier alpha value is -3.02. The van der Waals surface area contributed by atoms with Crippen molar-refractivity contribution >= 4 is 28.6 Å². The lowest BCUT2D eigenvalue weighted by Crippen LogP contribution is -2.56. The number of aromatic nitrogens is 2. The summed E-state index contributed by atoms with van der Waals surface area (Å²) in [5.41, 5.74) is 8.83. The van der Waals surface area contributed by atoms with Gasteiger partial charge in [0, 0.05) is 38.6 Å². The third-order valence-electron chi connectivity index (χ3n) is 9.89. The van der Waals surface area contributed by atoms with E-state index in [9.17, 15) is 19.5 Å². The molecule has 3 amide bonds. The quantitative estimate of drug-likeness (QED) is 0.127. The number of nitrogens with one attached hydrogen (secondary N) is 3. The lowest BCUT2D eigenvalue weighted by Gasteiger charge is -2.34. The molecule has 5 atom stereocenters. The van der Waals surface area contributed by atoms with Gasteiger partial charge in [-0.05, 0) is 92.2 Å². The van der Waals surface area contributed by atoms with Crippen molar-refractivity contribution in [2.24, 2.45) is 48.3 Å². The van der Waals surface area contributed by atoms with Gasteiger partial charge < -0.3 is 31.5 Å². The SMILES string of the molecule is COCCCc1nn(C)c2ccc(CC(C[C@H](NC(=O)[C@@H](NC(=O)CN)C(C)C)C(O)C[C@H](C(=O)NCC3CC3)C(C)C)C(C)C)cc12. The molecular formula is C37H62N6O5. The van der Waals surface area contributed by atoms with Gasteiger partial charge in [-0.1, -0.05) is 47.6 Å². The summed E-state index contributed by atoms with van der Waals surface area (Å²) in [7, 11) is 3.67. The van der Waals surface area contributed by atoms with E-state index in [-0.39, 0.29) is 48.5 Å². The van der Waals surface area contributed by atoms with Crippen LogP contribution in [0.4, 0.5) is 0 Å². The van der Waals surface area contributed by atoms with Gasteiger partial charge in [0.15, 0.2) is 0 Å². The topological polar surface area (TPSA) is 161 Å². The summed E-state index contributed by atoms with van der Waals surface area (Å²) in [4.78, 5) is 39.2. The van der Waals surface area contributed by atoms with Crippen molar-refractivity contribution in [3.05, 3.63) is 29.5 Å². The maximum absolute atomic E-state index is 13.7. The fourth-order valence-electron chi connectivity index (χ4n) is 6.46. The molecule has 0 saturated heterocycles. The monoisotopic (exact) mass is 670 g/mol. The van der Waals surface area contributed by atoms with Crippen LogP contribution in [0.3, 0.4) is 0 Å². The molecule has 2 aromatic rings. The van der Waals surface area contributed by atoms with E-state index >= 15 is 0 Å². The summed E-state index contributed by atoms with van der Waals surface area (Å²) in [5.74, 6) is -0.532. The van der Waals surface area contributed by atoms with Crippen LogP contribution in [0.25, 0.3) is 10.9 Å². The zero-order valence-corrected chi connectivity index (χ0v) is 30.6. The highest BCUT2D eigenvalue weighted by atomic mass is 16.5. The fourth-order valence-corrected chi connectivity index (χ4v) is 6.46. The minimum Gasteiger partial charge on any atom is -0.391 e. The highest BCUT2D eigenvalue weighted by Gasteiger charge is 2.35. The van der Waals surface area contributed by atoms with Crippen LogP contribution in [0.1, 0.15) is 84.9 Å². The standard InChI is InChI=1S/C37H62N6O5/c1-22(2)27(16-26-13-14-32-29(17-26)30(42-43(32)7)10-9-15-48-8)18-31(40-37(47)35(24(5)6)41-34(45)20-38)33(44)19-28(23(3)4)36(46)39-21-25-11-12-25/h13-14,17,22-25,27-28,31,33,35,44H,9-12,15-16,18-21,38H2,1-8H3,(H,39,46)(H,40,47)(H,41,45)/t27?,28-,31-,33?,35-/m0/s1. The zero-order valence-electron chi connectivity index (χ0n) is 30.6. The molecule has 3 rings (SSSR count). The third-order valence-corrected chi connectivity index (χ3v) is 9.89. The van der Waals surface area contributed by atoms with Crippen LogP contribution in [-0.4, -0.2) is 77.6 Å². The van der Waals surface area contributed by atoms with E-state index in [1.165, 1.54) is 0 Å². The number of carbonyl (C=O) groups is 3. The van der Waals surface area contributed by atoms with Crippen molar-refractivity contribution in [3.63, 3.8) is 0 Å². The van der Waals surface area contributed by atoms with Crippen molar-refractivity contribution < 1.29 is 24.2 Å². The van der Waals surface area contributed by atoms with Crippen molar-refractivity contribution in [1.82, 2.24) is 25.7 Å². The molecule has 2 unspecified atom stereocenters. The number of hydrogen-bond donors (Lipinski definition) is 5. The summed E-state index contributed by atoms with van der Waals surface area (Å²) < 4.78 is 7.18. The van der Waals surface area contributed by atoms with Gasteiger partial charge in [-0.3, -0.25) is 19.1 Å². The predicted octanol–water partition coefficient (Wildman–Crippen LogP) is 3.49. The number of amides is 3. The summed E-state index contributed by atoms with van der Waals surface area (Å²) >= 11 is 0. The first-order valence-corrected chi connectivity index (χ1v) is 17.9. The van der Waals surface area contributed by atoms with E-state index < -0.39 is 30.0 Å². The molecule has 1 saturated carbocycles. The molecule has 1 aliphatic carbocycles. The highest BCUT2D eigenvalue weighted by Crippen LogP contribution is 2.30. The molecule has 48 heavy (non-hydrogen) atoms. The van der Waals surface area contributed by atoms with Crippen molar-refractivity contribution in [2.75, 3.05) is 26.8 Å². The Kier molecular flexibility index (Phi) is 15.3. The number of aryl methyl sites for hydroxylation is 2. The molecule has 6 N–H and O–H groups in total. The van der Waals surface area contributed by atoms with E-state index in [1.807, 2.05) is 39.4 Å². The highest BCUT2D eigenvalue weighted by molar-refractivity contribution is 5.88. The Balaban J connectivity index is 1.88. The molecule has 1 aliphatic rings. The van der Waals surface area contributed by atoms with Crippen molar-refractivity contribution in [3.8, 4) is 0 Å². The first kappa shape index (κ1) is 39.4. The van der Waals surface area contributed by atoms with Gasteiger partial charge >= 0.3 is 0 Å². The second-order valence-electron chi connectivity index (χ2n) is 14.9. The van der Waals surface area contributed by atoms with Gasteiger partial charge in [-0.15, -0.1) is 0 Å². The third kappa shape index (κ3) is 11.6. The number of ether oxygens (including phenoxy) is 1. The number of nitrogens with zero attached hydrogens (tertiary/aromatic N) is 2. The first-order valence-electron chi connectivity index (χ1n) is 17.9. The number of benzene rings is 1. The summed E-state index contributed by atoms with van der Waals surface area (Å²) in [6.07, 6.45) is 4.48. The number of aliphatic hydroxyl groups is 1. The lowest BCUT2D eigenvalue weighted by molar-refractivity contribution is -0.131. The molecule has 0 radical (unpaired) electrons. The summed E-state index contributed by atoms with van der Waals surface area (Å²) in [6.45, 7) is 13.2. The van der Waals surface area contributed by atoms with Gasteiger partial charge in [-0.2, -0.15) is 5.10 Å². The second-order valence-corrected chi connectivity index (χ2v) is 14.9. The summed E-state index contributed by atoms with van der Waals surface area (Å²) in [6, 6.07) is 5.04. The van der Waals surface area contributed by atoms with Crippen LogP contribution in [0.15, 0.2) is 18.2 Å². The molecule has 1 heterocycles. The molecule has 0 bridgehead atoms. The smallest absolute Gasteiger partial charge is 0.243 e. The largest absolute Gasteiger partial charge is 0.391 e. The van der Waals surface area contributed by atoms with Crippen LogP contribution < -0.4 is 21.7 Å². The normalized spacial score (nSPS) is 16.6. The van der Waals surface area contributed by atoms with E-state index in [0.717, 1.165) is 54.3 Å². The van der Waals surface area contributed by atoms with E-state index in [4.69, 9.17) is 15.6 Å². The molecule has 11 heteroatoms. The van der Waals surface area contributed by atoms with E-state index in [1.54, 1.807) is 7.11 Å². The maximum atomic E-state index is 13.7. The first-order chi connectivity index (χ1) is 22.7. The predicted molar refractivity (Wildman–Crippen MR) is 190 cm³/mol. The Bertz CT molecular complexity index is 1340. The molecule has 270 valence electrons. The number of hydrogen-bond acceptors (Lipinski definition) is 7. The fraction of sp³-hybridized carbons (Fsp3) is 0.730. The number of carbonyl (C=O) groups excluding carboxylic acids is 3. The molecular weight excluding hydrogens is 608 g/mol. The zero-order chi connectivity index (χ0) is 35.5. The Morgan fingerprint density at radius 2 is 1.73 bits per heavy atom. The van der Waals surface area contributed by atoms with Gasteiger partial charge in [0.05, 0.1) is 29.9 Å². The average Bonchev–Trinajstić information content (AvgIpc) is 3.82. The van der Waals surface area contributed by atoms with Gasteiger partial charge in [0.1, 0.15) is 6.04 Å².